The highest BCUT2D eigenvalue weighted by Gasteiger charge is 2.25. The third-order valence-corrected chi connectivity index (χ3v) is 5.13. The Morgan fingerprint density at radius 2 is 1.81 bits per heavy atom. The summed E-state index contributed by atoms with van der Waals surface area (Å²) in [5.74, 6) is -0.278. The van der Waals surface area contributed by atoms with E-state index >= 15 is 0 Å². The van der Waals surface area contributed by atoms with Gasteiger partial charge in [0.2, 0.25) is 5.91 Å². The van der Waals surface area contributed by atoms with Gasteiger partial charge in [0, 0.05) is 46.2 Å². The van der Waals surface area contributed by atoms with E-state index in [4.69, 9.17) is 0 Å². The third-order valence-electron chi connectivity index (χ3n) is 5.13. The Hall–Kier alpha value is -3.08. The highest BCUT2D eigenvalue weighted by atomic mass is 19.1. The Balaban J connectivity index is 1.47. The van der Waals surface area contributed by atoms with E-state index in [1.807, 2.05) is 36.7 Å². The molecule has 2 aromatic carbocycles. The molecule has 0 aliphatic carbocycles. The first-order valence-electron chi connectivity index (χ1n) is 9.03. The highest BCUT2D eigenvalue weighted by molar-refractivity contribution is 5.89. The molecular weight excluding hydrogens is 341 g/mol. The summed E-state index contributed by atoms with van der Waals surface area (Å²) < 4.78 is 13.4. The van der Waals surface area contributed by atoms with Gasteiger partial charge in [-0.15, -0.1) is 0 Å². The lowest BCUT2D eigenvalue weighted by atomic mass is 9.84. The number of amides is 1. The largest absolute Gasteiger partial charge is 0.361 e. The number of carbonyl (C=O) groups excluding carboxylic acids is 1. The number of benzene rings is 2. The molecule has 27 heavy (non-hydrogen) atoms. The average molecular weight is 363 g/mol. The van der Waals surface area contributed by atoms with Gasteiger partial charge in [-0.2, -0.15) is 0 Å². The van der Waals surface area contributed by atoms with Gasteiger partial charge >= 0.3 is 0 Å². The van der Waals surface area contributed by atoms with Gasteiger partial charge in [0.1, 0.15) is 5.82 Å². The molecular formula is C22H22FN3O. The van der Waals surface area contributed by atoms with Crippen LogP contribution in [0.3, 0.4) is 0 Å². The summed E-state index contributed by atoms with van der Waals surface area (Å²) in [6.07, 6.45) is 4.12. The van der Waals surface area contributed by atoms with Crippen LogP contribution in [0.25, 0.3) is 21.8 Å². The van der Waals surface area contributed by atoms with Crippen LogP contribution in [0.15, 0.2) is 54.9 Å². The smallest absolute Gasteiger partial charge is 0.224 e. The number of rotatable bonds is 5. The van der Waals surface area contributed by atoms with Crippen LogP contribution < -0.4 is 5.32 Å². The van der Waals surface area contributed by atoms with Gasteiger partial charge in [-0.3, -0.25) is 4.79 Å². The normalized spacial score (nSPS) is 12.0. The summed E-state index contributed by atoms with van der Waals surface area (Å²) >= 11 is 0. The van der Waals surface area contributed by atoms with E-state index < -0.39 is 0 Å². The number of aromatic nitrogens is 2. The molecule has 2 heterocycles. The molecule has 0 spiro atoms. The topological polar surface area (TPSA) is 60.7 Å². The summed E-state index contributed by atoms with van der Waals surface area (Å²) in [6, 6.07) is 12.7. The zero-order valence-electron chi connectivity index (χ0n) is 15.4. The number of aromatic amines is 2. The molecule has 4 nitrogen and oxygen atoms in total. The molecule has 0 bridgehead atoms. The van der Waals surface area contributed by atoms with E-state index in [0.29, 0.717) is 13.0 Å². The third kappa shape index (κ3) is 3.33. The van der Waals surface area contributed by atoms with Gasteiger partial charge in [-0.25, -0.2) is 4.39 Å². The molecule has 2 aromatic heterocycles. The summed E-state index contributed by atoms with van der Waals surface area (Å²) in [5.41, 5.74) is 3.56. The number of H-pyrrole nitrogens is 2. The molecule has 3 N–H and O–H groups in total. The highest BCUT2D eigenvalue weighted by Crippen LogP contribution is 2.30. The van der Waals surface area contributed by atoms with Crippen LogP contribution in [-0.2, 0) is 16.6 Å². The van der Waals surface area contributed by atoms with Crippen LogP contribution in [0.1, 0.15) is 25.0 Å². The van der Waals surface area contributed by atoms with Crippen LogP contribution in [-0.4, -0.2) is 22.4 Å². The van der Waals surface area contributed by atoms with Gasteiger partial charge in [0.25, 0.3) is 0 Å². The number of hydrogen-bond acceptors (Lipinski definition) is 1. The second kappa shape index (κ2) is 6.58. The first-order chi connectivity index (χ1) is 12.9. The Kier molecular flexibility index (Phi) is 4.22. The van der Waals surface area contributed by atoms with Crippen molar-refractivity contribution in [1.29, 1.82) is 0 Å². The minimum atomic E-state index is -0.286. The standard InChI is InChI=1S/C22H22FN3O/c1-22(2,18-12-25-20-10-15(23)7-8-17(18)20)13-26-21(27)9-14-11-24-19-6-4-3-5-16(14)19/h3-8,10-12,24-25H,9,13H2,1-2H3,(H,26,27). The molecule has 0 atom stereocenters. The fourth-order valence-corrected chi connectivity index (χ4v) is 3.59. The van der Waals surface area contributed by atoms with Gasteiger partial charge in [-0.05, 0) is 35.4 Å². The molecule has 4 aromatic rings. The van der Waals surface area contributed by atoms with Crippen molar-refractivity contribution in [3.63, 3.8) is 0 Å². The van der Waals surface area contributed by atoms with Crippen molar-refractivity contribution >= 4 is 27.7 Å². The van der Waals surface area contributed by atoms with Crippen molar-refractivity contribution in [2.24, 2.45) is 0 Å². The summed E-state index contributed by atoms with van der Waals surface area (Å²) in [6.45, 7) is 4.65. The lowest BCUT2D eigenvalue weighted by Gasteiger charge is -2.25. The average Bonchev–Trinajstić information content (AvgIpc) is 3.25. The molecule has 1 amide bonds. The number of fused-ring (bicyclic) bond motifs is 2. The van der Waals surface area contributed by atoms with E-state index in [1.165, 1.54) is 12.1 Å². The quantitative estimate of drug-likeness (QED) is 0.483. The number of halogens is 1. The molecule has 5 heteroatoms. The van der Waals surface area contributed by atoms with E-state index in [9.17, 15) is 9.18 Å². The van der Waals surface area contributed by atoms with Crippen molar-refractivity contribution in [2.45, 2.75) is 25.7 Å². The number of hydrogen-bond donors (Lipinski definition) is 3. The Morgan fingerprint density at radius 3 is 2.67 bits per heavy atom. The van der Waals surface area contributed by atoms with E-state index in [0.717, 1.165) is 32.9 Å². The maximum atomic E-state index is 13.4. The Labute approximate surface area is 156 Å². The first kappa shape index (κ1) is 17.3. The van der Waals surface area contributed by atoms with Crippen molar-refractivity contribution in [1.82, 2.24) is 15.3 Å². The van der Waals surface area contributed by atoms with Gasteiger partial charge < -0.3 is 15.3 Å². The SMILES string of the molecule is CC(C)(CNC(=O)Cc1c[nH]c2ccccc12)c1c[nH]c2cc(F)ccc12. The second-order valence-electron chi connectivity index (χ2n) is 7.59. The first-order valence-corrected chi connectivity index (χ1v) is 9.03. The van der Waals surface area contributed by atoms with Crippen LogP contribution in [0.5, 0.6) is 0 Å². The Bertz CT molecular complexity index is 1120. The molecule has 4 rings (SSSR count). The molecule has 0 unspecified atom stereocenters. The molecule has 0 radical (unpaired) electrons. The summed E-state index contributed by atoms with van der Waals surface area (Å²) in [7, 11) is 0. The van der Waals surface area contributed by atoms with Gasteiger partial charge in [0.05, 0.1) is 6.42 Å². The van der Waals surface area contributed by atoms with Gasteiger partial charge in [0.15, 0.2) is 0 Å². The zero-order chi connectivity index (χ0) is 19.0. The minimum Gasteiger partial charge on any atom is -0.361 e. The molecule has 0 saturated carbocycles. The van der Waals surface area contributed by atoms with Crippen LogP contribution >= 0.6 is 0 Å². The monoisotopic (exact) mass is 363 g/mol. The van der Waals surface area contributed by atoms with Crippen molar-refractivity contribution in [2.75, 3.05) is 6.54 Å². The molecule has 138 valence electrons. The predicted octanol–water partition coefficient (Wildman–Crippen LogP) is 4.42. The maximum absolute atomic E-state index is 13.4. The fourth-order valence-electron chi connectivity index (χ4n) is 3.59. The summed E-state index contributed by atoms with van der Waals surface area (Å²) in [5, 5.41) is 5.10. The van der Waals surface area contributed by atoms with Crippen molar-refractivity contribution in [3.05, 3.63) is 71.8 Å². The van der Waals surface area contributed by atoms with E-state index in [-0.39, 0.29) is 17.1 Å². The van der Waals surface area contributed by atoms with Crippen LogP contribution in [0.4, 0.5) is 4.39 Å². The maximum Gasteiger partial charge on any atom is 0.224 e. The van der Waals surface area contributed by atoms with Gasteiger partial charge in [-0.1, -0.05) is 32.0 Å². The molecule has 0 aliphatic heterocycles. The van der Waals surface area contributed by atoms with E-state index in [1.54, 1.807) is 6.07 Å². The molecule has 0 saturated heterocycles. The van der Waals surface area contributed by atoms with E-state index in [2.05, 4.69) is 29.1 Å². The lowest BCUT2D eigenvalue weighted by Crippen LogP contribution is -2.37. The lowest BCUT2D eigenvalue weighted by molar-refractivity contribution is -0.120. The Morgan fingerprint density at radius 1 is 1.04 bits per heavy atom. The fraction of sp³-hybridized carbons (Fsp3) is 0.227. The summed E-state index contributed by atoms with van der Waals surface area (Å²) in [4.78, 5) is 18.8. The van der Waals surface area contributed by atoms with Crippen molar-refractivity contribution < 1.29 is 9.18 Å². The molecule has 0 aliphatic rings. The minimum absolute atomic E-state index is 0.0151. The molecule has 0 fully saturated rings. The number of nitrogens with one attached hydrogen (secondary N) is 3. The predicted molar refractivity (Wildman–Crippen MR) is 106 cm³/mol. The zero-order valence-corrected chi connectivity index (χ0v) is 15.4. The van der Waals surface area contributed by atoms with Crippen LogP contribution in [0.2, 0.25) is 0 Å². The number of carbonyl (C=O) groups is 1. The second-order valence-corrected chi connectivity index (χ2v) is 7.59. The van der Waals surface area contributed by atoms with Crippen molar-refractivity contribution in [3.8, 4) is 0 Å². The van der Waals surface area contributed by atoms with Crippen LogP contribution in [0, 0.1) is 5.82 Å². The number of para-hydroxylation sites is 1.